The fourth-order valence-electron chi connectivity index (χ4n) is 2.10. The van der Waals surface area contributed by atoms with Crippen LogP contribution in [0.1, 0.15) is 31.2 Å². The van der Waals surface area contributed by atoms with Crippen LogP contribution in [0.25, 0.3) is 0 Å². The first-order valence-electron chi connectivity index (χ1n) is 7.29. The summed E-state index contributed by atoms with van der Waals surface area (Å²) in [5, 5.41) is 11.6. The lowest BCUT2D eigenvalue weighted by atomic mass is 10.1. The van der Waals surface area contributed by atoms with E-state index in [2.05, 4.69) is 5.32 Å². The molecule has 0 bridgehead atoms. The highest BCUT2D eigenvalue weighted by molar-refractivity contribution is 5.83. The molecule has 0 radical (unpaired) electrons. The van der Waals surface area contributed by atoms with Crippen LogP contribution in [0.5, 0.6) is 0 Å². The largest absolute Gasteiger partial charge is 0.480 e. The molecule has 1 aromatic carbocycles. The van der Waals surface area contributed by atoms with E-state index in [1.807, 2.05) is 30.3 Å². The molecule has 0 aliphatic heterocycles. The molecule has 5 nitrogen and oxygen atoms in total. The Morgan fingerprint density at radius 2 is 2.00 bits per heavy atom. The predicted molar refractivity (Wildman–Crippen MR) is 77.6 cm³/mol. The van der Waals surface area contributed by atoms with Gasteiger partial charge in [0.15, 0.2) is 0 Å². The highest BCUT2D eigenvalue weighted by Crippen LogP contribution is 2.33. The molecule has 1 aromatic rings. The summed E-state index contributed by atoms with van der Waals surface area (Å²) in [6.45, 7) is 0.745. The summed E-state index contributed by atoms with van der Waals surface area (Å²) >= 11 is 0. The highest BCUT2D eigenvalue weighted by Gasteiger charge is 2.29. The maximum absolute atomic E-state index is 11.7. The average molecular weight is 291 g/mol. The van der Waals surface area contributed by atoms with Gasteiger partial charge >= 0.3 is 5.97 Å². The van der Waals surface area contributed by atoms with Gasteiger partial charge < -0.3 is 15.2 Å². The number of carbonyl (C=O) groups is 2. The van der Waals surface area contributed by atoms with Crippen molar-refractivity contribution in [1.82, 2.24) is 5.32 Å². The Morgan fingerprint density at radius 1 is 1.29 bits per heavy atom. The molecule has 1 amide bonds. The van der Waals surface area contributed by atoms with Crippen LogP contribution in [0.3, 0.4) is 0 Å². The first-order valence-corrected chi connectivity index (χ1v) is 7.29. The van der Waals surface area contributed by atoms with Gasteiger partial charge in [0.25, 0.3) is 0 Å². The first kappa shape index (κ1) is 15.5. The molecule has 1 fully saturated rings. The minimum absolute atomic E-state index is 0.182. The van der Waals surface area contributed by atoms with Gasteiger partial charge in [0, 0.05) is 6.42 Å². The van der Waals surface area contributed by atoms with Crippen LogP contribution in [0.4, 0.5) is 0 Å². The van der Waals surface area contributed by atoms with Crippen LogP contribution in [0.2, 0.25) is 0 Å². The Labute approximate surface area is 124 Å². The van der Waals surface area contributed by atoms with E-state index in [0.717, 1.165) is 18.4 Å². The van der Waals surface area contributed by atoms with E-state index in [4.69, 9.17) is 9.84 Å². The van der Waals surface area contributed by atoms with Gasteiger partial charge in [-0.25, -0.2) is 4.79 Å². The Bertz CT molecular complexity index is 470. The van der Waals surface area contributed by atoms with Gasteiger partial charge in [0.05, 0.1) is 13.2 Å². The van der Waals surface area contributed by atoms with E-state index in [0.29, 0.717) is 18.9 Å². The first-order chi connectivity index (χ1) is 10.1. The summed E-state index contributed by atoms with van der Waals surface area (Å²) in [5.74, 6) is -0.766. The number of benzene rings is 1. The van der Waals surface area contributed by atoms with Crippen LogP contribution in [-0.4, -0.2) is 29.6 Å². The van der Waals surface area contributed by atoms with Gasteiger partial charge in [-0.3, -0.25) is 4.79 Å². The van der Waals surface area contributed by atoms with Crippen molar-refractivity contribution in [2.75, 3.05) is 6.61 Å². The van der Waals surface area contributed by atoms with Gasteiger partial charge in [-0.1, -0.05) is 43.2 Å². The zero-order valence-corrected chi connectivity index (χ0v) is 12.0. The monoisotopic (exact) mass is 291 g/mol. The number of amides is 1. The Hall–Kier alpha value is -1.88. The van der Waals surface area contributed by atoms with Gasteiger partial charge in [-0.15, -0.1) is 0 Å². The highest BCUT2D eigenvalue weighted by atomic mass is 16.5. The lowest BCUT2D eigenvalue weighted by molar-refractivity contribution is -0.142. The van der Waals surface area contributed by atoms with Crippen molar-refractivity contribution in [2.24, 2.45) is 5.92 Å². The number of aliphatic carboxylic acids is 1. The fraction of sp³-hybridized carbons (Fsp3) is 0.500. The molecule has 0 heterocycles. The lowest BCUT2D eigenvalue weighted by Gasteiger charge is -2.14. The number of carbonyl (C=O) groups excluding carboxylic acids is 1. The summed E-state index contributed by atoms with van der Waals surface area (Å²) in [5.41, 5.74) is 1.05. The zero-order chi connectivity index (χ0) is 15.1. The maximum atomic E-state index is 11.7. The average Bonchev–Trinajstić information content (AvgIpc) is 3.28. The molecule has 2 N–H and O–H groups in total. The summed E-state index contributed by atoms with van der Waals surface area (Å²) in [7, 11) is 0. The summed E-state index contributed by atoms with van der Waals surface area (Å²) in [6, 6.07) is 8.94. The van der Waals surface area contributed by atoms with Gasteiger partial charge in [0.1, 0.15) is 6.04 Å². The normalized spacial score (nSPS) is 15.4. The van der Waals surface area contributed by atoms with Crippen molar-refractivity contribution in [2.45, 2.75) is 38.3 Å². The SMILES string of the molecule is O=C(CCOCc1ccccc1)NC(CC1CC1)C(=O)O. The van der Waals surface area contributed by atoms with E-state index in [1.54, 1.807) is 0 Å². The molecule has 2 rings (SSSR count). The molecule has 1 unspecified atom stereocenters. The standard InChI is InChI=1S/C16H21NO4/c18-15(17-14(16(19)20)10-12-6-7-12)8-9-21-11-13-4-2-1-3-5-13/h1-5,12,14H,6-11H2,(H,17,18)(H,19,20). The molecule has 1 aliphatic rings. The molecule has 114 valence electrons. The van der Waals surface area contributed by atoms with Crippen LogP contribution in [0.15, 0.2) is 30.3 Å². The molecular weight excluding hydrogens is 270 g/mol. The molecule has 0 aromatic heterocycles. The van der Waals surface area contributed by atoms with Crippen molar-refractivity contribution >= 4 is 11.9 Å². The van der Waals surface area contributed by atoms with E-state index < -0.39 is 12.0 Å². The number of rotatable bonds is 9. The lowest BCUT2D eigenvalue weighted by Crippen LogP contribution is -2.41. The number of hydrogen-bond donors (Lipinski definition) is 2. The molecular formula is C16H21NO4. The zero-order valence-electron chi connectivity index (χ0n) is 12.0. The van der Waals surface area contributed by atoms with Gasteiger partial charge in [-0.05, 0) is 17.9 Å². The summed E-state index contributed by atoms with van der Waals surface area (Å²) < 4.78 is 5.42. The van der Waals surface area contributed by atoms with Crippen molar-refractivity contribution in [3.8, 4) is 0 Å². The second-order valence-corrected chi connectivity index (χ2v) is 5.43. The van der Waals surface area contributed by atoms with E-state index in [9.17, 15) is 9.59 Å². The Kier molecular flexibility index (Phi) is 5.75. The quantitative estimate of drug-likeness (QED) is 0.682. The molecule has 21 heavy (non-hydrogen) atoms. The minimum Gasteiger partial charge on any atom is -0.480 e. The van der Waals surface area contributed by atoms with Crippen molar-refractivity contribution < 1.29 is 19.4 Å². The summed E-state index contributed by atoms with van der Waals surface area (Å²) in [6.07, 6.45) is 2.85. The van der Waals surface area contributed by atoms with E-state index in [-0.39, 0.29) is 18.9 Å². The topological polar surface area (TPSA) is 75.6 Å². The fourth-order valence-corrected chi connectivity index (χ4v) is 2.10. The Balaban J connectivity index is 1.63. The minimum atomic E-state index is -0.958. The van der Waals surface area contributed by atoms with E-state index >= 15 is 0 Å². The van der Waals surface area contributed by atoms with Crippen LogP contribution < -0.4 is 5.32 Å². The second kappa shape index (κ2) is 7.78. The molecule has 5 heteroatoms. The van der Waals surface area contributed by atoms with E-state index in [1.165, 1.54) is 0 Å². The third-order valence-corrected chi connectivity index (χ3v) is 3.48. The van der Waals surface area contributed by atoms with Gasteiger partial charge in [-0.2, -0.15) is 0 Å². The van der Waals surface area contributed by atoms with Gasteiger partial charge in [0.2, 0.25) is 5.91 Å². The van der Waals surface area contributed by atoms with Crippen LogP contribution in [0, 0.1) is 5.92 Å². The maximum Gasteiger partial charge on any atom is 0.326 e. The smallest absolute Gasteiger partial charge is 0.326 e. The predicted octanol–water partition coefficient (Wildman–Crippen LogP) is 1.96. The van der Waals surface area contributed by atoms with Crippen molar-refractivity contribution in [3.63, 3.8) is 0 Å². The third kappa shape index (κ3) is 5.95. The van der Waals surface area contributed by atoms with Crippen LogP contribution >= 0.6 is 0 Å². The number of nitrogens with one attached hydrogen (secondary N) is 1. The second-order valence-electron chi connectivity index (χ2n) is 5.43. The molecule has 0 spiro atoms. The molecule has 0 saturated heterocycles. The number of carboxylic acid groups (broad SMARTS) is 1. The summed E-state index contributed by atoms with van der Waals surface area (Å²) in [4.78, 5) is 22.8. The van der Waals surface area contributed by atoms with Crippen molar-refractivity contribution in [3.05, 3.63) is 35.9 Å². The third-order valence-electron chi connectivity index (χ3n) is 3.48. The Morgan fingerprint density at radius 3 is 2.62 bits per heavy atom. The molecule has 1 atom stereocenters. The molecule has 1 saturated carbocycles. The number of hydrogen-bond acceptors (Lipinski definition) is 3. The number of carboxylic acids is 1. The number of ether oxygens (including phenoxy) is 1. The van der Waals surface area contributed by atoms with Crippen molar-refractivity contribution in [1.29, 1.82) is 0 Å². The van der Waals surface area contributed by atoms with Crippen LogP contribution in [-0.2, 0) is 20.9 Å². The molecule has 1 aliphatic carbocycles.